The average Bonchev–Trinajstić information content (AvgIpc) is 2.89. The molecule has 0 aliphatic carbocycles. The highest BCUT2D eigenvalue weighted by Crippen LogP contribution is 2.31. The van der Waals surface area contributed by atoms with Crippen LogP contribution in [0.3, 0.4) is 0 Å². The molecule has 0 aromatic heterocycles. The lowest BCUT2D eigenvalue weighted by Gasteiger charge is -2.21. The number of carbonyl (C=O) groups excluding carboxylic acids is 1. The maximum Gasteiger partial charge on any atom is 0.318 e. The van der Waals surface area contributed by atoms with Gasteiger partial charge in [0.1, 0.15) is 6.54 Å². The van der Waals surface area contributed by atoms with Gasteiger partial charge in [-0.2, -0.15) is 4.31 Å². The van der Waals surface area contributed by atoms with Crippen molar-refractivity contribution in [1.29, 1.82) is 0 Å². The number of sulfonamides is 1. The summed E-state index contributed by atoms with van der Waals surface area (Å²) in [4.78, 5) is 24.1. The number of benzene rings is 1. The fourth-order valence-corrected chi connectivity index (χ4v) is 4.18. The van der Waals surface area contributed by atoms with Crippen LogP contribution in [-0.2, 0) is 26.0 Å². The highest BCUT2D eigenvalue weighted by atomic mass is 32.2. The Balaban J connectivity index is 2.42. The first kappa shape index (κ1) is 17.4. The zero-order valence-corrected chi connectivity index (χ0v) is 14.0. The van der Waals surface area contributed by atoms with Crippen molar-refractivity contribution in [2.45, 2.75) is 31.6 Å². The first-order valence-corrected chi connectivity index (χ1v) is 8.84. The minimum Gasteiger partial charge on any atom is -0.480 e. The standard InChI is InChI=1S/C15H20N2O5S/c1-3-7-16(10-15(19)20)23(21,22)13-5-4-12-6-8-17(11(2)18)14(12)9-13/h4-5,9H,3,6-8,10H2,1-2H3,(H,19,20). The third-order valence-electron chi connectivity index (χ3n) is 3.75. The largest absolute Gasteiger partial charge is 0.480 e. The molecule has 0 bridgehead atoms. The summed E-state index contributed by atoms with van der Waals surface area (Å²) in [6, 6.07) is 4.63. The Hall–Kier alpha value is -1.93. The van der Waals surface area contributed by atoms with Gasteiger partial charge in [-0.05, 0) is 30.5 Å². The molecule has 0 fully saturated rings. The van der Waals surface area contributed by atoms with Gasteiger partial charge in [0.15, 0.2) is 0 Å². The molecule has 1 N–H and O–H groups in total. The second-order valence-corrected chi connectivity index (χ2v) is 7.38. The second kappa shape index (κ2) is 6.67. The fourth-order valence-electron chi connectivity index (χ4n) is 2.68. The van der Waals surface area contributed by atoms with Crippen LogP contribution >= 0.6 is 0 Å². The third kappa shape index (κ3) is 3.53. The van der Waals surface area contributed by atoms with Crippen molar-refractivity contribution in [1.82, 2.24) is 4.31 Å². The van der Waals surface area contributed by atoms with Crippen LogP contribution in [0, 0.1) is 0 Å². The van der Waals surface area contributed by atoms with E-state index < -0.39 is 22.5 Å². The van der Waals surface area contributed by atoms with Crippen molar-refractivity contribution in [3.8, 4) is 0 Å². The predicted molar refractivity (Wildman–Crippen MR) is 84.9 cm³/mol. The Kier molecular flexibility index (Phi) is 5.06. The lowest BCUT2D eigenvalue weighted by molar-refractivity contribution is -0.137. The van der Waals surface area contributed by atoms with Gasteiger partial charge < -0.3 is 10.0 Å². The van der Waals surface area contributed by atoms with Crippen molar-refractivity contribution in [2.24, 2.45) is 0 Å². The van der Waals surface area contributed by atoms with Gasteiger partial charge in [0, 0.05) is 25.7 Å². The minimum absolute atomic E-state index is 0.0131. The number of rotatable bonds is 6. The van der Waals surface area contributed by atoms with E-state index in [1.807, 2.05) is 0 Å². The first-order chi connectivity index (χ1) is 10.8. The molecule has 1 aliphatic heterocycles. The van der Waals surface area contributed by atoms with Crippen molar-refractivity contribution >= 4 is 27.6 Å². The molecule has 126 valence electrons. The topological polar surface area (TPSA) is 95.0 Å². The molecule has 0 radical (unpaired) electrons. The third-order valence-corrected chi connectivity index (χ3v) is 5.60. The summed E-state index contributed by atoms with van der Waals surface area (Å²) < 4.78 is 26.3. The van der Waals surface area contributed by atoms with Gasteiger partial charge in [-0.1, -0.05) is 13.0 Å². The molecule has 0 saturated heterocycles. The van der Waals surface area contributed by atoms with E-state index in [2.05, 4.69) is 0 Å². The number of carbonyl (C=O) groups is 2. The number of anilines is 1. The van der Waals surface area contributed by atoms with Crippen molar-refractivity contribution in [2.75, 3.05) is 24.5 Å². The van der Waals surface area contributed by atoms with Crippen LogP contribution in [-0.4, -0.2) is 49.3 Å². The van der Waals surface area contributed by atoms with E-state index in [4.69, 9.17) is 5.11 Å². The molecule has 1 aromatic rings. The molecule has 1 amide bonds. The normalized spacial score (nSPS) is 14.1. The first-order valence-electron chi connectivity index (χ1n) is 7.40. The molecule has 1 heterocycles. The number of hydrogen-bond acceptors (Lipinski definition) is 4. The van der Waals surface area contributed by atoms with Gasteiger partial charge in [0.25, 0.3) is 0 Å². The van der Waals surface area contributed by atoms with Gasteiger partial charge in [-0.15, -0.1) is 0 Å². The number of carboxylic acids is 1. The maximum atomic E-state index is 12.7. The molecule has 23 heavy (non-hydrogen) atoms. The summed E-state index contributed by atoms with van der Waals surface area (Å²) in [5.74, 6) is -1.34. The van der Waals surface area contributed by atoms with Crippen LogP contribution in [0.5, 0.6) is 0 Å². The lowest BCUT2D eigenvalue weighted by Crippen LogP contribution is -2.36. The van der Waals surface area contributed by atoms with Gasteiger partial charge in [-0.3, -0.25) is 9.59 Å². The van der Waals surface area contributed by atoms with E-state index >= 15 is 0 Å². The number of fused-ring (bicyclic) bond motifs is 1. The van der Waals surface area contributed by atoms with Crippen LogP contribution < -0.4 is 4.90 Å². The van der Waals surface area contributed by atoms with E-state index in [1.54, 1.807) is 13.0 Å². The van der Waals surface area contributed by atoms with Gasteiger partial charge in [0.05, 0.1) is 4.90 Å². The molecular weight excluding hydrogens is 320 g/mol. The van der Waals surface area contributed by atoms with Gasteiger partial charge in [-0.25, -0.2) is 8.42 Å². The summed E-state index contributed by atoms with van der Waals surface area (Å²) in [6.45, 7) is 3.29. The molecule has 2 rings (SSSR count). The number of carboxylic acid groups (broad SMARTS) is 1. The Labute approximate surface area is 135 Å². The number of hydrogen-bond donors (Lipinski definition) is 1. The van der Waals surface area contributed by atoms with E-state index in [9.17, 15) is 18.0 Å². The van der Waals surface area contributed by atoms with Crippen molar-refractivity contribution in [3.05, 3.63) is 23.8 Å². The van der Waals surface area contributed by atoms with Crippen LogP contribution in [0.1, 0.15) is 25.8 Å². The molecular formula is C15H20N2O5S. The van der Waals surface area contributed by atoms with Crippen LogP contribution in [0.2, 0.25) is 0 Å². The molecule has 0 unspecified atom stereocenters. The molecule has 0 spiro atoms. The van der Waals surface area contributed by atoms with E-state index in [0.717, 1.165) is 9.87 Å². The van der Waals surface area contributed by atoms with E-state index in [0.29, 0.717) is 25.1 Å². The fraction of sp³-hybridized carbons (Fsp3) is 0.467. The molecule has 8 heteroatoms. The minimum atomic E-state index is -3.91. The highest BCUT2D eigenvalue weighted by molar-refractivity contribution is 7.89. The zero-order chi connectivity index (χ0) is 17.2. The SMILES string of the molecule is CCCN(CC(=O)O)S(=O)(=O)c1ccc2c(c1)N(C(C)=O)CC2. The van der Waals surface area contributed by atoms with Crippen molar-refractivity contribution < 1.29 is 23.1 Å². The smallest absolute Gasteiger partial charge is 0.318 e. The molecule has 1 aromatic carbocycles. The Morgan fingerprint density at radius 3 is 2.61 bits per heavy atom. The summed E-state index contributed by atoms with van der Waals surface area (Å²) in [5, 5.41) is 8.93. The summed E-state index contributed by atoms with van der Waals surface area (Å²) >= 11 is 0. The summed E-state index contributed by atoms with van der Waals surface area (Å²) in [5.41, 5.74) is 1.50. The Morgan fingerprint density at radius 1 is 1.35 bits per heavy atom. The van der Waals surface area contributed by atoms with Crippen molar-refractivity contribution in [3.63, 3.8) is 0 Å². The quantitative estimate of drug-likeness (QED) is 0.836. The maximum absolute atomic E-state index is 12.7. The van der Waals surface area contributed by atoms with Crippen LogP contribution in [0.15, 0.2) is 23.1 Å². The van der Waals surface area contributed by atoms with E-state index in [-0.39, 0.29) is 17.3 Å². The Bertz CT molecular complexity index is 729. The highest BCUT2D eigenvalue weighted by Gasteiger charge is 2.29. The molecule has 0 saturated carbocycles. The van der Waals surface area contributed by atoms with Gasteiger partial charge >= 0.3 is 5.97 Å². The van der Waals surface area contributed by atoms with E-state index in [1.165, 1.54) is 24.0 Å². The monoisotopic (exact) mass is 340 g/mol. The molecule has 7 nitrogen and oxygen atoms in total. The summed E-state index contributed by atoms with van der Waals surface area (Å²) in [6.07, 6.45) is 1.19. The zero-order valence-electron chi connectivity index (χ0n) is 13.2. The predicted octanol–water partition coefficient (Wildman–Crippen LogP) is 1.08. The lowest BCUT2D eigenvalue weighted by atomic mass is 10.2. The molecule has 1 aliphatic rings. The summed E-state index contributed by atoms with van der Waals surface area (Å²) in [7, 11) is -3.91. The number of aliphatic carboxylic acids is 1. The van der Waals surface area contributed by atoms with Gasteiger partial charge in [0.2, 0.25) is 15.9 Å². The number of amides is 1. The number of nitrogens with zero attached hydrogens (tertiary/aromatic N) is 2. The molecule has 0 atom stereocenters. The second-order valence-electron chi connectivity index (χ2n) is 5.44. The van der Waals surface area contributed by atoms with Crippen LogP contribution in [0.25, 0.3) is 0 Å². The average molecular weight is 340 g/mol. The Morgan fingerprint density at radius 2 is 2.04 bits per heavy atom. The van der Waals surface area contributed by atoms with Crippen LogP contribution in [0.4, 0.5) is 5.69 Å².